The lowest BCUT2D eigenvalue weighted by Gasteiger charge is -2.26. The van der Waals surface area contributed by atoms with Gasteiger partial charge < -0.3 is 4.79 Å². The quantitative estimate of drug-likeness (QED) is 0.720. The molecule has 1 aromatic carbocycles. The van der Waals surface area contributed by atoms with Gasteiger partial charge in [0.2, 0.25) is 0 Å². The van der Waals surface area contributed by atoms with Crippen LogP contribution in [0.1, 0.15) is 12.0 Å². The first-order valence-electron chi connectivity index (χ1n) is 5.17. The van der Waals surface area contributed by atoms with Gasteiger partial charge in [-0.25, -0.2) is 0 Å². The highest BCUT2D eigenvalue weighted by Crippen LogP contribution is 2.31. The Hall–Kier alpha value is -1.96. The second-order valence-corrected chi connectivity index (χ2v) is 3.88. The molecule has 1 unspecified atom stereocenters. The van der Waals surface area contributed by atoms with Gasteiger partial charge in [-0.1, -0.05) is 48.6 Å². The van der Waals surface area contributed by atoms with Crippen molar-refractivity contribution in [3.05, 3.63) is 59.7 Å². The first-order valence-corrected chi connectivity index (χ1v) is 5.17. The van der Waals surface area contributed by atoms with Gasteiger partial charge in [-0.3, -0.25) is 4.79 Å². The molecule has 0 spiro atoms. The maximum atomic E-state index is 11.3. The van der Waals surface area contributed by atoms with E-state index >= 15 is 0 Å². The molecule has 1 aromatic rings. The van der Waals surface area contributed by atoms with E-state index < -0.39 is 5.41 Å². The molecule has 80 valence electrons. The van der Waals surface area contributed by atoms with E-state index in [9.17, 15) is 9.59 Å². The summed E-state index contributed by atoms with van der Waals surface area (Å²) >= 11 is 0. The normalized spacial score (nSPS) is 23.6. The van der Waals surface area contributed by atoms with E-state index in [0.717, 1.165) is 18.1 Å². The Kier molecular flexibility index (Phi) is 2.82. The lowest BCUT2D eigenvalue weighted by molar-refractivity contribution is -0.111. The fraction of sp³-hybridized carbons (Fsp3) is 0.143. The third kappa shape index (κ3) is 1.74. The van der Waals surface area contributed by atoms with E-state index in [4.69, 9.17) is 0 Å². The van der Waals surface area contributed by atoms with Crippen molar-refractivity contribution in [2.75, 3.05) is 0 Å². The number of carbonyl (C=O) groups is 2. The van der Waals surface area contributed by atoms with Crippen LogP contribution in [-0.2, 0) is 15.0 Å². The van der Waals surface area contributed by atoms with Crippen LogP contribution in [-0.4, -0.2) is 12.6 Å². The topological polar surface area (TPSA) is 34.1 Å². The third-order valence-electron chi connectivity index (χ3n) is 2.91. The van der Waals surface area contributed by atoms with Crippen LogP contribution in [0.25, 0.3) is 0 Å². The molecule has 0 radical (unpaired) electrons. The number of benzene rings is 1. The Morgan fingerprint density at radius 3 is 2.38 bits per heavy atom. The highest BCUT2D eigenvalue weighted by Gasteiger charge is 2.29. The van der Waals surface area contributed by atoms with Crippen LogP contribution in [0.4, 0.5) is 0 Å². The minimum atomic E-state index is -0.603. The average Bonchev–Trinajstić information content (AvgIpc) is 2.40. The number of carbonyl (C=O) groups excluding carboxylic acids is 2. The van der Waals surface area contributed by atoms with Crippen molar-refractivity contribution in [3.63, 3.8) is 0 Å². The molecule has 0 saturated heterocycles. The van der Waals surface area contributed by atoms with Gasteiger partial charge in [-0.2, -0.15) is 0 Å². The Bertz CT molecular complexity index is 457. The van der Waals surface area contributed by atoms with Crippen LogP contribution in [0.3, 0.4) is 0 Å². The minimum absolute atomic E-state index is 0.547. The largest absolute Gasteiger partial charge is 0.302 e. The van der Waals surface area contributed by atoms with Crippen LogP contribution in [0.15, 0.2) is 54.1 Å². The number of hydrogen-bond donors (Lipinski definition) is 0. The lowest BCUT2D eigenvalue weighted by atomic mass is 9.76. The van der Waals surface area contributed by atoms with E-state index in [0.29, 0.717) is 12.0 Å². The molecule has 0 amide bonds. The molecule has 0 fully saturated rings. The standard InChI is InChI=1S/C14H12O2/c15-10-12-6-8-14(11-16,9-7-12)13-4-2-1-3-5-13/h1-8,10-11H,9H2. The maximum Gasteiger partial charge on any atom is 0.149 e. The summed E-state index contributed by atoms with van der Waals surface area (Å²) in [6, 6.07) is 9.60. The number of allylic oxidation sites excluding steroid dienone is 4. The van der Waals surface area contributed by atoms with Gasteiger partial charge in [-0.05, 0) is 12.0 Å². The first kappa shape index (κ1) is 10.6. The van der Waals surface area contributed by atoms with Crippen molar-refractivity contribution < 1.29 is 9.59 Å². The van der Waals surface area contributed by atoms with Crippen LogP contribution in [0, 0.1) is 0 Å². The van der Waals surface area contributed by atoms with Gasteiger partial charge in [0.1, 0.15) is 12.6 Å². The van der Waals surface area contributed by atoms with Crippen LogP contribution < -0.4 is 0 Å². The third-order valence-corrected chi connectivity index (χ3v) is 2.91. The molecule has 0 saturated carbocycles. The molecule has 2 rings (SSSR count). The molecule has 2 heteroatoms. The molecule has 0 N–H and O–H groups in total. The van der Waals surface area contributed by atoms with Crippen LogP contribution in [0.2, 0.25) is 0 Å². The van der Waals surface area contributed by atoms with Gasteiger partial charge in [0.05, 0.1) is 5.41 Å². The smallest absolute Gasteiger partial charge is 0.149 e. The molecule has 0 aromatic heterocycles. The fourth-order valence-electron chi connectivity index (χ4n) is 1.87. The van der Waals surface area contributed by atoms with E-state index in [1.165, 1.54) is 0 Å². The summed E-state index contributed by atoms with van der Waals surface area (Å²) in [5.74, 6) is 0. The second-order valence-electron chi connectivity index (χ2n) is 3.88. The summed E-state index contributed by atoms with van der Waals surface area (Å²) in [6.07, 6.45) is 7.60. The Labute approximate surface area is 94.3 Å². The minimum Gasteiger partial charge on any atom is -0.302 e. The molecule has 16 heavy (non-hydrogen) atoms. The van der Waals surface area contributed by atoms with Gasteiger partial charge in [0.15, 0.2) is 0 Å². The van der Waals surface area contributed by atoms with Gasteiger partial charge in [0.25, 0.3) is 0 Å². The van der Waals surface area contributed by atoms with Crippen molar-refractivity contribution in [1.82, 2.24) is 0 Å². The van der Waals surface area contributed by atoms with Crippen molar-refractivity contribution in [1.29, 1.82) is 0 Å². The highest BCUT2D eigenvalue weighted by atomic mass is 16.1. The summed E-state index contributed by atoms with van der Waals surface area (Å²) in [6.45, 7) is 0. The monoisotopic (exact) mass is 212 g/mol. The summed E-state index contributed by atoms with van der Waals surface area (Å²) in [7, 11) is 0. The van der Waals surface area contributed by atoms with E-state index in [1.54, 1.807) is 18.2 Å². The molecule has 1 aliphatic carbocycles. The zero-order valence-corrected chi connectivity index (χ0v) is 8.80. The molecular formula is C14H12O2. The average molecular weight is 212 g/mol. The number of aldehydes is 2. The fourth-order valence-corrected chi connectivity index (χ4v) is 1.87. The zero-order chi connectivity index (χ0) is 11.4. The predicted molar refractivity (Wildman–Crippen MR) is 62.1 cm³/mol. The van der Waals surface area contributed by atoms with Gasteiger partial charge in [-0.15, -0.1) is 0 Å². The Balaban J connectivity index is 2.38. The summed E-state index contributed by atoms with van der Waals surface area (Å²) in [5, 5.41) is 0. The zero-order valence-electron chi connectivity index (χ0n) is 8.80. The Morgan fingerprint density at radius 1 is 1.12 bits per heavy atom. The van der Waals surface area contributed by atoms with E-state index in [1.807, 2.05) is 30.3 Å². The van der Waals surface area contributed by atoms with Crippen molar-refractivity contribution >= 4 is 12.6 Å². The second kappa shape index (κ2) is 4.27. The van der Waals surface area contributed by atoms with Crippen molar-refractivity contribution in [2.45, 2.75) is 11.8 Å². The number of rotatable bonds is 3. The van der Waals surface area contributed by atoms with Crippen molar-refractivity contribution in [3.8, 4) is 0 Å². The Morgan fingerprint density at radius 2 is 1.88 bits per heavy atom. The van der Waals surface area contributed by atoms with Crippen molar-refractivity contribution in [2.24, 2.45) is 0 Å². The summed E-state index contributed by atoms with van der Waals surface area (Å²) < 4.78 is 0. The van der Waals surface area contributed by atoms with Gasteiger partial charge in [0, 0.05) is 5.57 Å². The van der Waals surface area contributed by atoms with Crippen LogP contribution >= 0.6 is 0 Å². The van der Waals surface area contributed by atoms with Gasteiger partial charge >= 0.3 is 0 Å². The molecule has 1 atom stereocenters. The maximum absolute atomic E-state index is 11.3. The molecule has 2 nitrogen and oxygen atoms in total. The summed E-state index contributed by atoms with van der Waals surface area (Å²) in [5.41, 5.74) is 0.990. The molecule has 0 heterocycles. The molecule has 0 bridgehead atoms. The number of hydrogen-bond acceptors (Lipinski definition) is 2. The van der Waals surface area contributed by atoms with E-state index in [2.05, 4.69) is 0 Å². The molecule has 1 aliphatic rings. The van der Waals surface area contributed by atoms with Crippen LogP contribution in [0.5, 0.6) is 0 Å². The SMILES string of the molecule is O=CC1=CCC(C=O)(c2ccccc2)C=C1. The first-order chi connectivity index (χ1) is 7.80. The molecular weight excluding hydrogens is 200 g/mol. The predicted octanol–water partition coefficient (Wildman–Crippen LogP) is 2.21. The highest BCUT2D eigenvalue weighted by molar-refractivity contribution is 5.81. The molecule has 0 aliphatic heterocycles. The van der Waals surface area contributed by atoms with E-state index in [-0.39, 0.29) is 0 Å². The summed E-state index contributed by atoms with van der Waals surface area (Å²) in [4.78, 5) is 21.9. The lowest BCUT2D eigenvalue weighted by Crippen LogP contribution is -2.26.